The molecule has 4 nitrogen and oxygen atoms in total. The Bertz CT molecular complexity index is 601. The number of hydrogen-bond donors (Lipinski definition) is 2. The van der Waals surface area contributed by atoms with E-state index in [1.54, 1.807) is 13.0 Å². The van der Waals surface area contributed by atoms with Crippen molar-refractivity contribution in [3.63, 3.8) is 0 Å². The standard InChI is InChI=1S/C20H30N2O2S2/c1-3-24-19(23)16-10-11-18(15(2)14-16)22-20(25)21-12-7-13-26-17-8-5-4-6-9-17/h10-11,14,17H,3-9,12-13H2,1-2H3,(H2,21,22,25). The van der Waals surface area contributed by atoms with Gasteiger partial charge in [-0.3, -0.25) is 0 Å². The summed E-state index contributed by atoms with van der Waals surface area (Å²) in [5.41, 5.74) is 2.44. The predicted molar refractivity (Wildman–Crippen MR) is 115 cm³/mol. The largest absolute Gasteiger partial charge is 0.462 e. The van der Waals surface area contributed by atoms with Crippen molar-refractivity contribution in [2.75, 3.05) is 24.2 Å². The number of rotatable bonds is 8. The van der Waals surface area contributed by atoms with Crippen LogP contribution in [0.1, 0.15) is 61.4 Å². The molecule has 6 heteroatoms. The van der Waals surface area contributed by atoms with Crippen LogP contribution in [-0.2, 0) is 4.74 Å². The summed E-state index contributed by atoms with van der Waals surface area (Å²) in [6.07, 6.45) is 8.11. The minimum absolute atomic E-state index is 0.293. The summed E-state index contributed by atoms with van der Waals surface area (Å²) >= 11 is 7.49. The fourth-order valence-electron chi connectivity index (χ4n) is 3.07. The Kier molecular flexibility index (Phi) is 9.26. The SMILES string of the molecule is CCOC(=O)c1ccc(NC(=S)NCCCSC2CCCCC2)c(C)c1. The van der Waals surface area contributed by atoms with Crippen LogP contribution in [0.3, 0.4) is 0 Å². The number of anilines is 1. The highest BCUT2D eigenvalue weighted by atomic mass is 32.2. The van der Waals surface area contributed by atoms with E-state index in [0.29, 0.717) is 17.3 Å². The van der Waals surface area contributed by atoms with Gasteiger partial charge in [0.15, 0.2) is 5.11 Å². The molecule has 2 rings (SSSR count). The molecule has 1 fully saturated rings. The van der Waals surface area contributed by atoms with Crippen molar-refractivity contribution in [3.05, 3.63) is 29.3 Å². The molecule has 0 heterocycles. The van der Waals surface area contributed by atoms with Crippen LogP contribution in [0.2, 0.25) is 0 Å². The van der Waals surface area contributed by atoms with Gasteiger partial charge in [-0.05, 0) is 74.8 Å². The second kappa shape index (κ2) is 11.4. The normalized spacial score (nSPS) is 14.7. The van der Waals surface area contributed by atoms with E-state index in [1.807, 2.05) is 19.1 Å². The maximum absolute atomic E-state index is 11.8. The van der Waals surface area contributed by atoms with Gasteiger partial charge in [-0.2, -0.15) is 11.8 Å². The maximum atomic E-state index is 11.8. The van der Waals surface area contributed by atoms with E-state index in [1.165, 1.54) is 37.9 Å². The summed E-state index contributed by atoms with van der Waals surface area (Å²) in [6.45, 7) is 5.02. The number of nitrogens with one attached hydrogen (secondary N) is 2. The third-order valence-corrected chi connectivity index (χ3v) is 6.21. The molecule has 0 radical (unpaired) electrons. The fraction of sp³-hybridized carbons (Fsp3) is 0.600. The molecule has 26 heavy (non-hydrogen) atoms. The van der Waals surface area contributed by atoms with Gasteiger partial charge in [0.05, 0.1) is 12.2 Å². The summed E-state index contributed by atoms with van der Waals surface area (Å²) in [4.78, 5) is 11.8. The third kappa shape index (κ3) is 7.16. The highest BCUT2D eigenvalue weighted by Crippen LogP contribution is 2.28. The number of hydrogen-bond acceptors (Lipinski definition) is 4. The van der Waals surface area contributed by atoms with Gasteiger partial charge in [0.25, 0.3) is 0 Å². The van der Waals surface area contributed by atoms with Gasteiger partial charge < -0.3 is 15.4 Å². The lowest BCUT2D eigenvalue weighted by Crippen LogP contribution is -2.30. The molecule has 2 N–H and O–H groups in total. The summed E-state index contributed by atoms with van der Waals surface area (Å²) in [7, 11) is 0. The molecule has 1 aromatic carbocycles. The van der Waals surface area contributed by atoms with E-state index in [4.69, 9.17) is 17.0 Å². The number of aryl methyl sites for hydroxylation is 1. The van der Waals surface area contributed by atoms with Gasteiger partial charge >= 0.3 is 5.97 Å². The van der Waals surface area contributed by atoms with Gasteiger partial charge in [0.1, 0.15) is 0 Å². The molecule has 0 atom stereocenters. The maximum Gasteiger partial charge on any atom is 0.338 e. The molecule has 1 saturated carbocycles. The van der Waals surface area contributed by atoms with E-state index in [-0.39, 0.29) is 5.97 Å². The molecule has 0 saturated heterocycles. The Balaban J connectivity index is 1.67. The van der Waals surface area contributed by atoms with Crippen molar-refractivity contribution in [3.8, 4) is 0 Å². The second-order valence-electron chi connectivity index (χ2n) is 6.62. The molecular formula is C20H30N2O2S2. The number of carbonyl (C=O) groups excluding carboxylic acids is 1. The Morgan fingerprint density at radius 1 is 1.31 bits per heavy atom. The predicted octanol–water partition coefficient (Wildman–Crippen LogP) is 4.91. The zero-order valence-electron chi connectivity index (χ0n) is 15.8. The molecule has 1 aliphatic carbocycles. The third-order valence-electron chi connectivity index (χ3n) is 4.50. The van der Waals surface area contributed by atoms with Crippen LogP contribution in [0.25, 0.3) is 0 Å². The molecule has 0 aromatic heterocycles. The lowest BCUT2D eigenvalue weighted by atomic mass is 10.0. The van der Waals surface area contributed by atoms with Gasteiger partial charge in [-0.15, -0.1) is 0 Å². The van der Waals surface area contributed by atoms with Crippen molar-refractivity contribution in [1.29, 1.82) is 0 Å². The molecule has 1 aromatic rings. The molecule has 144 valence electrons. The molecule has 0 spiro atoms. The van der Waals surface area contributed by atoms with Crippen LogP contribution in [0.15, 0.2) is 18.2 Å². The summed E-state index contributed by atoms with van der Waals surface area (Å²) in [6, 6.07) is 5.45. The first kappa shape index (κ1) is 21.0. The van der Waals surface area contributed by atoms with Gasteiger partial charge in [-0.25, -0.2) is 4.79 Å². The lowest BCUT2D eigenvalue weighted by Gasteiger charge is -2.21. The van der Waals surface area contributed by atoms with Gasteiger partial charge in [-0.1, -0.05) is 19.3 Å². The van der Waals surface area contributed by atoms with Crippen LogP contribution >= 0.6 is 24.0 Å². The second-order valence-corrected chi connectivity index (χ2v) is 8.43. The zero-order chi connectivity index (χ0) is 18.8. The number of ether oxygens (including phenoxy) is 1. The Morgan fingerprint density at radius 3 is 2.77 bits per heavy atom. The van der Waals surface area contributed by atoms with Crippen LogP contribution in [-0.4, -0.2) is 35.2 Å². The Hall–Kier alpha value is -1.27. The first-order valence-electron chi connectivity index (χ1n) is 9.54. The van der Waals surface area contributed by atoms with Crippen molar-refractivity contribution in [2.45, 2.75) is 57.6 Å². The van der Waals surface area contributed by atoms with Crippen LogP contribution in [0.4, 0.5) is 5.69 Å². The fourth-order valence-corrected chi connectivity index (χ4v) is 4.59. The van der Waals surface area contributed by atoms with E-state index < -0.39 is 0 Å². The minimum Gasteiger partial charge on any atom is -0.462 e. The summed E-state index contributed by atoms with van der Waals surface area (Å²) < 4.78 is 5.02. The van der Waals surface area contributed by atoms with Crippen LogP contribution < -0.4 is 10.6 Å². The van der Waals surface area contributed by atoms with Crippen molar-refractivity contribution >= 4 is 40.7 Å². The number of carbonyl (C=O) groups is 1. The Labute approximate surface area is 166 Å². The first-order chi connectivity index (χ1) is 12.6. The van der Waals surface area contributed by atoms with Crippen molar-refractivity contribution in [2.24, 2.45) is 0 Å². The average Bonchev–Trinajstić information content (AvgIpc) is 2.64. The van der Waals surface area contributed by atoms with Crippen LogP contribution in [0.5, 0.6) is 0 Å². The smallest absolute Gasteiger partial charge is 0.338 e. The highest BCUT2D eigenvalue weighted by molar-refractivity contribution is 7.99. The van der Waals surface area contributed by atoms with Gasteiger partial charge in [0, 0.05) is 17.5 Å². The van der Waals surface area contributed by atoms with E-state index in [9.17, 15) is 4.79 Å². The number of thioether (sulfide) groups is 1. The highest BCUT2D eigenvalue weighted by Gasteiger charge is 2.13. The van der Waals surface area contributed by atoms with E-state index in [2.05, 4.69) is 22.4 Å². The summed E-state index contributed by atoms with van der Waals surface area (Å²) in [5, 5.41) is 7.97. The molecular weight excluding hydrogens is 364 g/mol. The first-order valence-corrected chi connectivity index (χ1v) is 11.0. The van der Waals surface area contributed by atoms with Crippen molar-refractivity contribution < 1.29 is 9.53 Å². The molecule has 0 unspecified atom stereocenters. The summed E-state index contributed by atoms with van der Waals surface area (Å²) in [5.74, 6) is 0.895. The van der Waals surface area contributed by atoms with E-state index in [0.717, 1.165) is 29.5 Å². The molecule has 1 aliphatic rings. The number of esters is 1. The molecule has 0 aliphatic heterocycles. The average molecular weight is 395 g/mol. The number of thiocarbonyl (C=S) groups is 1. The van der Waals surface area contributed by atoms with Crippen molar-refractivity contribution in [1.82, 2.24) is 5.32 Å². The monoisotopic (exact) mass is 394 g/mol. The quantitative estimate of drug-likeness (QED) is 0.371. The zero-order valence-corrected chi connectivity index (χ0v) is 17.4. The van der Waals surface area contributed by atoms with E-state index >= 15 is 0 Å². The molecule has 0 bridgehead atoms. The Morgan fingerprint density at radius 2 is 2.08 bits per heavy atom. The topological polar surface area (TPSA) is 50.4 Å². The van der Waals surface area contributed by atoms with Gasteiger partial charge in [0.2, 0.25) is 0 Å². The molecule has 0 amide bonds. The lowest BCUT2D eigenvalue weighted by molar-refractivity contribution is 0.0526. The minimum atomic E-state index is -0.293. The number of benzene rings is 1. The van der Waals surface area contributed by atoms with Crippen LogP contribution in [0, 0.1) is 6.92 Å².